The van der Waals surface area contributed by atoms with E-state index in [9.17, 15) is 28.2 Å². The van der Waals surface area contributed by atoms with Crippen molar-refractivity contribution in [1.82, 2.24) is 10.3 Å². The highest BCUT2D eigenvalue weighted by molar-refractivity contribution is 7.90. The van der Waals surface area contributed by atoms with E-state index < -0.39 is 46.2 Å². The van der Waals surface area contributed by atoms with Crippen molar-refractivity contribution in [2.75, 3.05) is 18.5 Å². The zero-order valence-electron chi connectivity index (χ0n) is 21.4. The van der Waals surface area contributed by atoms with Crippen LogP contribution in [0.25, 0.3) is 11.6 Å². The predicted octanol–water partition coefficient (Wildman–Crippen LogP) is 3.88. The molecule has 0 spiro atoms. The van der Waals surface area contributed by atoms with Gasteiger partial charge < -0.3 is 25.8 Å². The maximum atomic E-state index is 13.3. The Morgan fingerprint density at radius 1 is 1.10 bits per heavy atom. The Labute approximate surface area is 235 Å². The van der Waals surface area contributed by atoms with E-state index in [1.807, 2.05) is 0 Å². The summed E-state index contributed by atoms with van der Waals surface area (Å²) in [5, 5.41) is 24.9. The van der Waals surface area contributed by atoms with Crippen molar-refractivity contribution in [3.05, 3.63) is 80.1 Å². The number of aromatic amines is 1. The summed E-state index contributed by atoms with van der Waals surface area (Å²) in [5.41, 5.74) is 1.95. The van der Waals surface area contributed by atoms with Gasteiger partial charge in [-0.2, -0.15) is 0 Å². The van der Waals surface area contributed by atoms with Gasteiger partial charge in [-0.1, -0.05) is 29.3 Å². The molecule has 4 rings (SSSR count). The molecule has 0 radical (unpaired) electrons. The van der Waals surface area contributed by atoms with Gasteiger partial charge in [-0.25, -0.2) is 8.42 Å². The number of rotatable bonds is 8. The van der Waals surface area contributed by atoms with Crippen molar-refractivity contribution in [3.8, 4) is 0 Å². The number of halogens is 2. The Balaban J connectivity index is 1.71. The molecule has 2 aromatic carbocycles. The van der Waals surface area contributed by atoms with E-state index in [0.29, 0.717) is 33.8 Å². The molecule has 0 atom stereocenters. The van der Waals surface area contributed by atoms with Crippen molar-refractivity contribution < 1.29 is 28.2 Å². The highest BCUT2D eigenvalue weighted by Crippen LogP contribution is 2.37. The number of fused-ring (bicyclic) bond motifs is 1. The minimum absolute atomic E-state index is 0.00798. The van der Waals surface area contributed by atoms with Crippen LogP contribution in [0.3, 0.4) is 0 Å². The SMILES string of the molecule is Cc1[nH]c(/C=C2\C(=O)Nc3ccc(S(=O)(=O)Cc4c(Cl)cccc4Cl)cc32)c(C)c1C(=O)NC(C)(CO)CO. The van der Waals surface area contributed by atoms with Crippen LogP contribution < -0.4 is 10.6 Å². The average molecular weight is 593 g/mol. The van der Waals surface area contributed by atoms with Gasteiger partial charge in [0.25, 0.3) is 11.8 Å². The van der Waals surface area contributed by atoms with E-state index >= 15 is 0 Å². The van der Waals surface area contributed by atoms with Crippen molar-refractivity contribution in [1.29, 1.82) is 0 Å². The van der Waals surface area contributed by atoms with E-state index in [-0.39, 0.29) is 26.1 Å². The van der Waals surface area contributed by atoms with Gasteiger partial charge in [-0.05, 0) is 62.7 Å². The fourth-order valence-corrected chi connectivity index (χ4v) is 6.44. The molecule has 0 saturated carbocycles. The van der Waals surface area contributed by atoms with Gasteiger partial charge in [0.05, 0.1) is 40.5 Å². The van der Waals surface area contributed by atoms with Gasteiger partial charge in [0.2, 0.25) is 0 Å². The van der Waals surface area contributed by atoms with Crippen molar-refractivity contribution in [2.24, 2.45) is 0 Å². The normalized spacial score (nSPS) is 14.4. The monoisotopic (exact) mass is 591 g/mol. The number of amides is 2. The Morgan fingerprint density at radius 3 is 2.36 bits per heavy atom. The number of hydrogen-bond donors (Lipinski definition) is 5. The third kappa shape index (κ3) is 5.61. The molecule has 2 heterocycles. The highest BCUT2D eigenvalue weighted by atomic mass is 35.5. The zero-order valence-corrected chi connectivity index (χ0v) is 23.7. The molecule has 0 unspecified atom stereocenters. The average Bonchev–Trinajstić information content (AvgIpc) is 3.35. The molecule has 9 nitrogen and oxygen atoms in total. The molecule has 2 amide bonds. The van der Waals surface area contributed by atoms with Crippen LogP contribution in [-0.2, 0) is 20.4 Å². The quantitative estimate of drug-likeness (QED) is 0.251. The molecule has 0 bridgehead atoms. The summed E-state index contributed by atoms with van der Waals surface area (Å²) in [4.78, 5) is 28.9. The number of anilines is 1. The van der Waals surface area contributed by atoms with Crippen LogP contribution in [0.5, 0.6) is 0 Å². The zero-order chi connectivity index (χ0) is 28.7. The molecule has 0 saturated heterocycles. The van der Waals surface area contributed by atoms with Crippen LogP contribution >= 0.6 is 23.2 Å². The number of aliphatic hydroxyl groups excluding tert-OH is 2. The molecular weight excluding hydrogens is 565 g/mol. The minimum Gasteiger partial charge on any atom is -0.394 e. The first-order valence-electron chi connectivity index (χ1n) is 11.9. The number of nitrogens with one attached hydrogen (secondary N) is 3. The van der Waals surface area contributed by atoms with Gasteiger partial charge in [-0.3, -0.25) is 9.59 Å². The van der Waals surface area contributed by atoms with Crippen LogP contribution in [0.15, 0.2) is 41.3 Å². The number of carbonyl (C=O) groups excluding carboxylic acids is 2. The number of aryl methyl sites for hydroxylation is 1. The van der Waals surface area contributed by atoms with Crippen molar-refractivity contribution in [2.45, 2.75) is 37.0 Å². The summed E-state index contributed by atoms with van der Waals surface area (Å²) >= 11 is 12.4. The van der Waals surface area contributed by atoms with Gasteiger partial charge in [-0.15, -0.1) is 0 Å². The van der Waals surface area contributed by atoms with E-state index in [4.69, 9.17) is 23.2 Å². The maximum Gasteiger partial charge on any atom is 0.256 e. The Bertz CT molecular complexity index is 1600. The molecule has 1 aromatic heterocycles. The molecule has 12 heteroatoms. The lowest BCUT2D eigenvalue weighted by Crippen LogP contribution is -2.51. The van der Waals surface area contributed by atoms with Crippen LogP contribution in [0, 0.1) is 13.8 Å². The van der Waals surface area contributed by atoms with Crippen LogP contribution in [0.1, 0.15) is 45.4 Å². The van der Waals surface area contributed by atoms with E-state index in [1.54, 1.807) is 38.1 Å². The molecule has 1 aliphatic heterocycles. The van der Waals surface area contributed by atoms with Gasteiger partial charge in [0.1, 0.15) is 0 Å². The summed E-state index contributed by atoms with van der Waals surface area (Å²) in [7, 11) is -3.87. The molecule has 1 aliphatic rings. The number of sulfone groups is 1. The van der Waals surface area contributed by atoms with Gasteiger partial charge in [0.15, 0.2) is 9.84 Å². The number of benzene rings is 2. The second kappa shape index (κ2) is 10.8. The smallest absolute Gasteiger partial charge is 0.256 e. The number of carbonyl (C=O) groups is 2. The second-order valence-electron chi connectivity index (χ2n) is 9.67. The summed E-state index contributed by atoms with van der Waals surface area (Å²) in [6.45, 7) is 3.98. The molecule has 5 N–H and O–H groups in total. The standard InChI is InChI=1S/C27H27Cl2N3O6S/c1-14-23(30-15(2)24(14)26(36)32-27(3,12-33)13-34)10-18-17-9-16(7-8-22(17)31-25(18)35)39(37,38)11-19-20(28)5-4-6-21(19)29/h4-10,30,33-34H,11-13H2,1-3H3,(H,31,35)(H,32,36)/b18-10-. The minimum atomic E-state index is -3.87. The Morgan fingerprint density at radius 2 is 1.74 bits per heavy atom. The lowest BCUT2D eigenvalue weighted by atomic mass is 10.0. The first kappa shape index (κ1) is 28.8. The molecule has 0 fully saturated rings. The first-order valence-corrected chi connectivity index (χ1v) is 14.3. The largest absolute Gasteiger partial charge is 0.394 e. The number of aliphatic hydroxyl groups is 2. The summed E-state index contributed by atoms with van der Waals surface area (Å²) in [6.07, 6.45) is 1.55. The molecule has 39 heavy (non-hydrogen) atoms. The molecule has 206 valence electrons. The van der Waals surface area contributed by atoms with E-state index in [1.165, 1.54) is 25.1 Å². The van der Waals surface area contributed by atoms with Crippen LogP contribution in [-0.4, -0.2) is 54.2 Å². The van der Waals surface area contributed by atoms with Crippen LogP contribution in [0.4, 0.5) is 5.69 Å². The fourth-order valence-electron chi connectivity index (χ4n) is 4.32. The van der Waals surface area contributed by atoms with Crippen molar-refractivity contribution in [3.63, 3.8) is 0 Å². The highest BCUT2D eigenvalue weighted by Gasteiger charge is 2.30. The first-order chi connectivity index (χ1) is 18.3. The molecule has 3 aromatic rings. The predicted molar refractivity (Wildman–Crippen MR) is 151 cm³/mol. The summed E-state index contributed by atoms with van der Waals surface area (Å²) in [5.74, 6) is -1.35. The Hall–Kier alpha value is -3.15. The third-order valence-corrected chi connectivity index (χ3v) is 8.98. The van der Waals surface area contributed by atoms with Gasteiger partial charge >= 0.3 is 0 Å². The number of hydrogen-bond acceptors (Lipinski definition) is 6. The lowest BCUT2D eigenvalue weighted by Gasteiger charge is -2.26. The van der Waals surface area contributed by atoms with E-state index in [2.05, 4.69) is 15.6 Å². The third-order valence-electron chi connectivity index (χ3n) is 6.63. The number of H-pyrrole nitrogens is 1. The topological polar surface area (TPSA) is 149 Å². The number of aromatic nitrogens is 1. The lowest BCUT2D eigenvalue weighted by molar-refractivity contribution is -0.110. The van der Waals surface area contributed by atoms with Gasteiger partial charge in [0, 0.05) is 38.2 Å². The van der Waals surface area contributed by atoms with E-state index in [0.717, 1.165) is 0 Å². The molecule has 0 aliphatic carbocycles. The van der Waals surface area contributed by atoms with Crippen molar-refractivity contribution >= 4 is 62.2 Å². The Kier molecular flexibility index (Phi) is 7.98. The summed E-state index contributed by atoms with van der Waals surface area (Å²) < 4.78 is 26.5. The molecular formula is C27H27Cl2N3O6S. The summed E-state index contributed by atoms with van der Waals surface area (Å²) in [6, 6.07) is 9.11. The fraction of sp³-hybridized carbons (Fsp3) is 0.259. The van der Waals surface area contributed by atoms with Crippen LogP contribution in [0.2, 0.25) is 10.0 Å². The second-order valence-corrected chi connectivity index (χ2v) is 12.5. The maximum absolute atomic E-state index is 13.3.